The van der Waals surface area contributed by atoms with Crippen LogP contribution in [0.25, 0.3) is 22.1 Å². The number of amides is 1. The zero-order valence-electron chi connectivity index (χ0n) is 17.8. The van der Waals surface area contributed by atoms with Crippen molar-refractivity contribution in [3.05, 3.63) is 88.8 Å². The average Bonchev–Trinajstić information content (AvgIpc) is 2.79. The quantitative estimate of drug-likeness (QED) is 0.350. The Kier molecular flexibility index (Phi) is 6.27. The standard InChI is InChI=1S/C25H18F3NO5/c1-2-32-19-11-9-15(10-12-19)16-5-3-7-18(13-16)29-23(30)20-14-17-6-4-8-21(34-25(26,27)28)22(17)33-24(20)31/h3-14H,2H2,1H3,(H,29,30). The van der Waals surface area contributed by atoms with Gasteiger partial charge in [0.15, 0.2) is 11.3 Å². The number of benzene rings is 3. The molecule has 0 saturated heterocycles. The highest BCUT2D eigenvalue weighted by Crippen LogP contribution is 2.30. The van der Waals surface area contributed by atoms with Gasteiger partial charge in [0, 0.05) is 11.1 Å². The molecule has 9 heteroatoms. The van der Waals surface area contributed by atoms with Crippen molar-refractivity contribution in [1.82, 2.24) is 0 Å². The molecule has 0 aliphatic heterocycles. The second kappa shape index (κ2) is 9.30. The maximum absolute atomic E-state index is 12.8. The van der Waals surface area contributed by atoms with E-state index in [1.54, 1.807) is 18.2 Å². The summed E-state index contributed by atoms with van der Waals surface area (Å²) in [6.07, 6.45) is -4.96. The minimum atomic E-state index is -4.96. The number of anilines is 1. The number of hydrogen-bond acceptors (Lipinski definition) is 5. The van der Waals surface area contributed by atoms with E-state index in [0.717, 1.165) is 29.0 Å². The lowest BCUT2D eigenvalue weighted by atomic mass is 10.0. The van der Waals surface area contributed by atoms with Gasteiger partial charge in [0.05, 0.1) is 6.61 Å². The molecule has 0 atom stereocenters. The van der Waals surface area contributed by atoms with Gasteiger partial charge < -0.3 is 19.2 Å². The first-order valence-electron chi connectivity index (χ1n) is 10.2. The molecule has 1 N–H and O–H groups in total. The topological polar surface area (TPSA) is 77.8 Å². The molecule has 0 spiro atoms. The Morgan fingerprint density at radius 2 is 1.71 bits per heavy atom. The molecule has 34 heavy (non-hydrogen) atoms. The van der Waals surface area contributed by atoms with Crippen molar-refractivity contribution in [3.63, 3.8) is 0 Å². The van der Waals surface area contributed by atoms with E-state index < -0.39 is 29.2 Å². The number of carbonyl (C=O) groups is 1. The van der Waals surface area contributed by atoms with E-state index in [1.807, 2.05) is 37.3 Å². The highest BCUT2D eigenvalue weighted by molar-refractivity contribution is 6.05. The van der Waals surface area contributed by atoms with E-state index in [9.17, 15) is 22.8 Å². The average molecular weight is 469 g/mol. The highest BCUT2D eigenvalue weighted by atomic mass is 19.4. The number of rotatable bonds is 6. The minimum Gasteiger partial charge on any atom is -0.494 e. The molecule has 4 aromatic rings. The van der Waals surface area contributed by atoms with E-state index in [1.165, 1.54) is 12.1 Å². The van der Waals surface area contributed by atoms with Crippen molar-refractivity contribution >= 4 is 22.6 Å². The molecule has 0 radical (unpaired) electrons. The number of hydrogen-bond donors (Lipinski definition) is 1. The second-order valence-corrected chi connectivity index (χ2v) is 7.16. The maximum Gasteiger partial charge on any atom is 0.573 e. The second-order valence-electron chi connectivity index (χ2n) is 7.16. The van der Waals surface area contributed by atoms with Gasteiger partial charge in [-0.2, -0.15) is 0 Å². The van der Waals surface area contributed by atoms with Crippen LogP contribution in [0.4, 0.5) is 18.9 Å². The van der Waals surface area contributed by atoms with E-state index in [2.05, 4.69) is 10.1 Å². The van der Waals surface area contributed by atoms with Crippen LogP contribution < -0.4 is 20.4 Å². The summed E-state index contributed by atoms with van der Waals surface area (Å²) in [6.45, 7) is 2.45. The van der Waals surface area contributed by atoms with Gasteiger partial charge in [-0.25, -0.2) is 4.79 Å². The van der Waals surface area contributed by atoms with Crippen LogP contribution in [0.2, 0.25) is 0 Å². The molecule has 0 fully saturated rings. The smallest absolute Gasteiger partial charge is 0.494 e. The molecule has 1 amide bonds. The van der Waals surface area contributed by atoms with Crippen molar-refractivity contribution in [2.75, 3.05) is 11.9 Å². The van der Waals surface area contributed by atoms with Crippen molar-refractivity contribution in [2.45, 2.75) is 13.3 Å². The molecule has 0 unspecified atom stereocenters. The number of para-hydroxylation sites is 1. The van der Waals surface area contributed by atoms with Crippen molar-refractivity contribution in [3.8, 4) is 22.6 Å². The van der Waals surface area contributed by atoms with Gasteiger partial charge in [-0.15, -0.1) is 13.2 Å². The van der Waals surface area contributed by atoms with Gasteiger partial charge in [-0.1, -0.05) is 36.4 Å². The first-order chi connectivity index (χ1) is 16.2. The lowest BCUT2D eigenvalue weighted by molar-refractivity contribution is -0.274. The van der Waals surface area contributed by atoms with Crippen LogP contribution in [-0.2, 0) is 0 Å². The molecule has 0 saturated carbocycles. The third-order valence-electron chi connectivity index (χ3n) is 4.81. The first-order valence-corrected chi connectivity index (χ1v) is 10.2. The van der Waals surface area contributed by atoms with Crippen LogP contribution in [0.15, 0.2) is 82.0 Å². The Balaban J connectivity index is 1.59. The Hall–Kier alpha value is -4.27. The highest BCUT2D eigenvalue weighted by Gasteiger charge is 2.32. The monoisotopic (exact) mass is 469 g/mol. The zero-order chi connectivity index (χ0) is 24.3. The van der Waals surface area contributed by atoms with E-state index >= 15 is 0 Å². The molecule has 4 rings (SSSR count). The predicted molar refractivity (Wildman–Crippen MR) is 120 cm³/mol. The molecule has 3 aromatic carbocycles. The summed E-state index contributed by atoms with van der Waals surface area (Å²) in [4.78, 5) is 25.1. The largest absolute Gasteiger partial charge is 0.573 e. The Labute approximate surface area is 191 Å². The molecule has 0 bridgehead atoms. The molecule has 174 valence electrons. The van der Waals surface area contributed by atoms with Crippen molar-refractivity contribution < 1.29 is 31.9 Å². The van der Waals surface area contributed by atoms with Crippen LogP contribution in [0.3, 0.4) is 0 Å². The number of alkyl halides is 3. The fourth-order valence-corrected chi connectivity index (χ4v) is 3.37. The van der Waals surface area contributed by atoms with Gasteiger partial charge >= 0.3 is 12.0 Å². The summed E-state index contributed by atoms with van der Waals surface area (Å²) in [6, 6.07) is 19.3. The van der Waals surface area contributed by atoms with Gasteiger partial charge in [0.2, 0.25) is 0 Å². The number of halogens is 3. The molecule has 6 nitrogen and oxygen atoms in total. The molecule has 1 aromatic heterocycles. The molecule has 1 heterocycles. The van der Waals surface area contributed by atoms with Crippen LogP contribution in [-0.4, -0.2) is 18.9 Å². The minimum absolute atomic E-state index is 0.106. The molecule has 0 aliphatic carbocycles. The predicted octanol–water partition coefficient (Wildman–Crippen LogP) is 6.01. The van der Waals surface area contributed by atoms with Gasteiger partial charge in [-0.3, -0.25) is 4.79 Å². The van der Waals surface area contributed by atoms with Crippen molar-refractivity contribution in [1.29, 1.82) is 0 Å². The third kappa shape index (κ3) is 5.20. The van der Waals surface area contributed by atoms with Crippen LogP contribution in [0.5, 0.6) is 11.5 Å². The van der Waals surface area contributed by atoms with Crippen LogP contribution in [0, 0.1) is 0 Å². The summed E-state index contributed by atoms with van der Waals surface area (Å²) >= 11 is 0. The summed E-state index contributed by atoms with van der Waals surface area (Å²) in [7, 11) is 0. The Morgan fingerprint density at radius 1 is 0.971 bits per heavy atom. The van der Waals surface area contributed by atoms with Gasteiger partial charge in [0.1, 0.15) is 11.3 Å². The first kappa shape index (κ1) is 22.9. The zero-order valence-corrected chi connectivity index (χ0v) is 17.8. The fourth-order valence-electron chi connectivity index (χ4n) is 3.37. The van der Waals surface area contributed by atoms with Crippen LogP contribution in [0.1, 0.15) is 17.3 Å². The molecule has 0 aliphatic rings. The summed E-state index contributed by atoms with van der Waals surface area (Å²) in [5, 5.41) is 2.73. The van der Waals surface area contributed by atoms with Crippen molar-refractivity contribution in [2.24, 2.45) is 0 Å². The number of nitrogens with one attached hydrogen (secondary N) is 1. The number of carbonyl (C=O) groups excluding carboxylic acids is 1. The lowest BCUT2D eigenvalue weighted by Crippen LogP contribution is -2.21. The Bertz CT molecular complexity index is 1390. The number of fused-ring (bicyclic) bond motifs is 1. The normalized spacial score (nSPS) is 11.3. The Morgan fingerprint density at radius 3 is 2.41 bits per heavy atom. The number of ether oxygens (including phenoxy) is 2. The van der Waals surface area contributed by atoms with E-state index in [4.69, 9.17) is 9.15 Å². The lowest BCUT2D eigenvalue weighted by Gasteiger charge is -2.11. The van der Waals surface area contributed by atoms with E-state index in [0.29, 0.717) is 12.3 Å². The SMILES string of the molecule is CCOc1ccc(-c2cccc(NC(=O)c3cc4cccc(OC(F)(F)F)c4oc3=O)c2)cc1. The van der Waals surface area contributed by atoms with Gasteiger partial charge in [-0.05, 0) is 54.4 Å². The third-order valence-corrected chi connectivity index (χ3v) is 4.81. The van der Waals surface area contributed by atoms with E-state index in [-0.39, 0.29) is 10.9 Å². The molecular formula is C25H18F3NO5. The van der Waals surface area contributed by atoms with Gasteiger partial charge in [0.25, 0.3) is 5.91 Å². The summed E-state index contributed by atoms with van der Waals surface area (Å²) in [5.74, 6) is -0.693. The van der Waals surface area contributed by atoms with Crippen LogP contribution >= 0.6 is 0 Å². The maximum atomic E-state index is 12.8. The fraction of sp³-hybridized carbons (Fsp3) is 0.120. The molecular weight excluding hydrogens is 451 g/mol. The summed E-state index contributed by atoms with van der Waals surface area (Å²) in [5.41, 5.74) is 0.278. The summed E-state index contributed by atoms with van der Waals surface area (Å²) < 4.78 is 52.2.